The van der Waals surface area contributed by atoms with Crippen LogP contribution in [0.3, 0.4) is 0 Å². The number of hydrogen-bond donors (Lipinski definition) is 1. The van der Waals surface area contributed by atoms with Gasteiger partial charge >= 0.3 is 10.1 Å². The fourth-order valence-corrected chi connectivity index (χ4v) is 3.63. The van der Waals surface area contributed by atoms with Gasteiger partial charge in [-0.1, -0.05) is 35.9 Å². The van der Waals surface area contributed by atoms with E-state index < -0.39 is 16.0 Å². The number of hydrazone groups is 1. The van der Waals surface area contributed by atoms with E-state index in [4.69, 9.17) is 25.3 Å². The number of para-hydroxylation sites is 1. The third-order valence-corrected chi connectivity index (χ3v) is 5.52. The zero-order chi connectivity index (χ0) is 23.0. The van der Waals surface area contributed by atoms with Crippen LogP contribution in [0.1, 0.15) is 5.56 Å². The van der Waals surface area contributed by atoms with Crippen molar-refractivity contribution >= 4 is 33.8 Å². The maximum Gasteiger partial charge on any atom is 0.339 e. The van der Waals surface area contributed by atoms with Crippen molar-refractivity contribution in [1.82, 2.24) is 5.43 Å². The van der Waals surface area contributed by atoms with E-state index in [9.17, 15) is 13.2 Å². The van der Waals surface area contributed by atoms with Crippen LogP contribution in [0, 0.1) is 0 Å². The van der Waals surface area contributed by atoms with E-state index >= 15 is 0 Å². The van der Waals surface area contributed by atoms with Crippen molar-refractivity contribution in [2.45, 2.75) is 4.90 Å². The van der Waals surface area contributed by atoms with Crippen molar-refractivity contribution in [1.29, 1.82) is 0 Å². The summed E-state index contributed by atoms with van der Waals surface area (Å²) in [5.41, 5.74) is 2.59. The summed E-state index contributed by atoms with van der Waals surface area (Å²) in [7, 11) is -2.73. The molecule has 32 heavy (non-hydrogen) atoms. The number of nitrogens with zero attached hydrogens (tertiary/aromatic N) is 1. The molecule has 0 unspecified atom stereocenters. The lowest BCUT2D eigenvalue weighted by Gasteiger charge is -2.13. The van der Waals surface area contributed by atoms with Gasteiger partial charge in [0.15, 0.2) is 18.1 Å². The molecule has 0 fully saturated rings. The normalized spacial score (nSPS) is 11.2. The summed E-state index contributed by atoms with van der Waals surface area (Å²) in [4.78, 5) is 12.0. The molecule has 1 amide bonds. The largest absolute Gasteiger partial charge is 0.493 e. The molecule has 0 spiro atoms. The van der Waals surface area contributed by atoms with Crippen LogP contribution < -0.4 is 19.1 Å². The Bertz CT molecular complexity index is 1200. The van der Waals surface area contributed by atoms with Crippen molar-refractivity contribution in [2.24, 2.45) is 5.10 Å². The average molecular weight is 475 g/mol. The van der Waals surface area contributed by atoms with Crippen LogP contribution in [0.25, 0.3) is 0 Å². The summed E-state index contributed by atoms with van der Waals surface area (Å²) in [6.07, 6.45) is 1.25. The van der Waals surface area contributed by atoms with Gasteiger partial charge in [-0.05, 0) is 48.5 Å². The lowest BCUT2D eigenvalue weighted by Crippen LogP contribution is -2.24. The lowest BCUT2D eigenvalue weighted by atomic mass is 10.2. The Morgan fingerprint density at radius 3 is 2.44 bits per heavy atom. The molecule has 0 aromatic heterocycles. The Morgan fingerprint density at radius 1 is 1.03 bits per heavy atom. The average Bonchev–Trinajstić information content (AvgIpc) is 2.80. The minimum Gasteiger partial charge on any atom is -0.493 e. The maximum absolute atomic E-state index is 12.6. The summed E-state index contributed by atoms with van der Waals surface area (Å²) in [5.74, 6) is 0.0849. The van der Waals surface area contributed by atoms with Gasteiger partial charge in [0.1, 0.15) is 10.6 Å². The van der Waals surface area contributed by atoms with Crippen LogP contribution in [-0.4, -0.2) is 34.3 Å². The van der Waals surface area contributed by atoms with Crippen molar-refractivity contribution in [3.8, 4) is 17.2 Å². The van der Waals surface area contributed by atoms with Crippen LogP contribution in [0.4, 0.5) is 0 Å². The molecule has 10 heteroatoms. The molecule has 0 saturated carbocycles. The highest BCUT2D eigenvalue weighted by atomic mass is 35.5. The summed E-state index contributed by atoms with van der Waals surface area (Å²) < 4.78 is 41.1. The highest BCUT2D eigenvalue weighted by Gasteiger charge is 2.21. The first-order valence-electron chi connectivity index (χ1n) is 9.26. The van der Waals surface area contributed by atoms with Crippen molar-refractivity contribution < 1.29 is 26.9 Å². The van der Waals surface area contributed by atoms with E-state index in [1.807, 2.05) is 0 Å². The summed E-state index contributed by atoms with van der Waals surface area (Å²) >= 11 is 5.80. The summed E-state index contributed by atoms with van der Waals surface area (Å²) in [6, 6.07) is 19.0. The van der Waals surface area contributed by atoms with Crippen LogP contribution in [0.5, 0.6) is 17.2 Å². The highest BCUT2D eigenvalue weighted by Crippen LogP contribution is 2.32. The first-order chi connectivity index (χ1) is 15.4. The van der Waals surface area contributed by atoms with E-state index in [0.717, 1.165) is 0 Å². The van der Waals surface area contributed by atoms with Crippen molar-refractivity contribution in [2.75, 3.05) is 13.7 Å². The van der Waals surface area contributed by atoms with E-state index in [1.165, 1.54) is 25.5 Å². The summed E-state index contributed by atoms with van der Waals surface area (Å²) in [6.45, 7) is -0.275. The highest BCUT2D eigenvalue weighted by molar-refractivity contribution is 7.87. The Hall–Kier alpha value is -3.56. The lowest BCUT2D eigenvalue weighted by molar-refractivity contribution is -0.123. The number of rotatable bonds is 9. The third-order valence-electron chi connectivity index (χ3n) is 4.03. The SMILES string of the molecule is COc1cccc(/C=N/NC(=O)COc2ccc(Cl)cc2)c1OS(=O)(=O)c1ccccc1. The molecule has 1 N–H and O–H groups in total. The monoisotopic (exact) mass is 474 g/mol. The molecule has 8 nitrogen and oxygen atoms in total. The van der Waals surface area contributed by atoms with Gasteiger partial charge in [-0.25, -0.2) is 5.43 Å². The number of hydrogen-bond acceptors (Lipinski definition) is 7. The fraction of sp³-hybridized carbons (Fsp3) is 0.0909. The van der Waals surface area contributed by atoms with Crippen LogP contribution >= 0.6 is 11.6 Å². The standard InChI is InChI=1S/C22H19ClN2O6S/c1-29-20-9-5-6-16(22(20)31-32(27,28)19-7-3-2-4-8-19)14-24-25-21(26)15-30-18-12-10-17(23)11-13-18/h2-14H,15H2,1H3,(H,25,26)/b24-14+. The fourth-order valence-electron chi connectivity index (χ4n) is 2.52. The number of methoxy groups -OCH3 is 1. The smallest absolute Gasteiger partial charge is 0.339 e. The molecular formula is C22H19ClN2O6S. The van der Waals surface area contributed by atoms with E-state index in [-0.39, 0.29) is 28.6 Å². The molecule has 0 bridgehead atoms. The van der Waals surface area contributed by atoms with E-state index in [0.29, 0.717) is 10.8 Å². The van der Waals surface area contributed by atoms with E-state index in [2.05, 4.69) is 10.5 Å². The van der Waals surface area contributed by atoms with Crippen LogP contribution in [-0.2, 0) is 14.9 Å². The topological polar surface area (TPSA) is 103 Å². The molecule has 0 aliphatic carbocycles. The van der Waals surface area contributed by atoms with Crippen molar-refractivity contribution in [3.63, 3.8) is 0 Å². The van der Waals surface area contributed by atoms with Gasteiger partial charge in [0.2, 0.25) is 0 Å². The number of carbonyl (C=O) groups is 1. The first kappa shape index (κ1) is 23.1. The molecule has 0 atom stereocenters. The van der Waals surface area contributed by atoms with Crippen molar-refractivity contribution in [3.05, 3.63) is 83.4 Å². The molecule has 3 aromatic carbocycles. The Morgan fingerprint density at radius 2 is 1.75 bits per heavy atom. The molecule has 0 radical (unpaired) electrons. The molecule has 3 rings (SSSR count). The second-order valence-corrected chi connectivity index (χ2v) is 8.25. The quantitative estimate of drug-likeness (QED) is 0.288. The maximum atomic E-state index is 12.6. The number of benzene rings is 3. The number of halogens is 1. The molecule has 0 heterocycles. The number of carbonyl (C=O) groups excluding carboxylic acids is 1. The number of amides is 1. The Kier molecular flexibility index (Phi) is 7.69. The molecule has 166 valence electrons. The van der Waals surface area contributed by atoms with Gasteiger partial charge in [0, 0.05) is 10.6 Å². The van der Waals surface area contributed by atoms with Crippen LogP contribution in [0.15, 0.2) is 82.8 Å². The third kappa shape index (κ3) is 6.22. The first-order valence-corrected chi connectivity index (χ1v) is 11.0. The molecule has 3 aromatic rings. The van der Waals surface area contributed by atoms with Gasteiger partial charge in [-0.2, -0.15) is 13.5 Å². The van der Waals surface area contributed by atoms with Gasteiger partial charge in [-0.15, -0.1) is 0 Å². The summed E-state index contributed by atoms with van der Waals surface area (Å²) in [5, 5.41) is 4.40. The minimum atomic E-state index is -4.11. The Balaban J connectivity index is 1.70. The molecule has 0 aliphatic heterocycles. The minimum absolute atomic E-state index is 0.0126. The van der Waals surface area contributed by atoms with Gasteiger partial charge in [-0.3, -0.25) is 4.79 Å². The molecule has 0 saturated heterocycles. The predicted octanol–water partition coefficient (Wildman–Crippen LogP) is 3.65. The Labute approximate surface area is 190 Å². The predicted molar refractivity (Wildman–Crippen MR) is 120 cm³/mol. The zero-order valence-corrected chi connectivity index (χ0v) is 18.5. The van der Waals surface area contributed by atoms with Crippen LogP contribution in [0.2, 0.25) is 5.02 Å². The van der Waals surface area contributed by atoms with Gasteiger partial charge in [0.05, 0.1) is 13.3 Å². The molecule has 0 aliphatic rings. The van der Waals surface area contributed by atoms with Gasteiger partial charge < -0.3 is 13.7 Å². The number of nitrogens with one attached hydrogen (secondary N) is 1. The van der Waals surface area contributed by atoms with Gasteiger partial charge in [0.25, 0.3) is 5.91 Å². The second kappa shape index (κ2) is 10.7. The molecular weight excluding hydrogens is 456 g/mol. The second-order valence-electron chi connectivity index (χ2n) is 6.26. The van der Waals surface area contributed by atoms with E-state index in [1.54, 1.807) is 60.7 Å². The zero-order valence-electron chi connectivity index (χ0n) is 16.9. The number of ether oxygens (including phenoxy) is 2.